The number of carbonyl (C=O) groups excluding carboxylic acids is 1. The molecule has 0 heterocycles. The lowest BCUT2D eigenvalue weighted by Gasteiger charge is -2.24. The number of carboxylic acid groups (broad SMARTS) is 1. The molecule has 0 unspecified atom stereocenters. The normalized spacial score (nSPS) is 17.2. The highest BCUT2D eigenvalue weighted by Crippen LogP contribution is 2.29. The molecule has 0 aliphatic heterocycles. The fourth-order valence-electron chi connectivity index (χ4n) is 2.59. The summed E-state index contributed by atoms with van der Waals surface area (Å²) in [5, 5.41) is 11.9. The molecule has 20 heavy (non-hydrogen) atoms. The van der Waals surface area contributed by atoms with E-state index in [1.807, 2.05) is 31.2 Å². The Bertz CT molecular complexity index is 542. The molecule has 2 N–H and O–H groups in total. The Morgan fingerprint density at radius 2 is 2.00 bits per heavy atom. The Labute approximate surface area is 118 Å². The summed E-state index contributed by atoms with van der Waals surface area (Å²) >= 11 is 0. The van der Waals surface area contributed by atoms with Crippen LogP contribution in [0.1, 0.15) is 36.8 Å². The molecule has 1 aromatic carbocycles. The van der Waals surface area contributed by atoms with Crippen molar-refractivity contribution in [2.45, 2.75) is 38.1 Å². The van der Waals surface area contributed by atoms with Crippen molar-refractivity contribution in [1.29, 1.82) is 0 Å². The summed E-state index contributed by atoms with van der Waals surface area (Å²) in [5.41, 5.74) is 0.968. The topological polar surface area (TPSA) is 66.4 Å². The number of amides is 1. The van der Waals surface area contributed by atoms with E-state index < -0.39 is 11.5 Å². The predicted octanol–water partition coefficient (Wildman–Crippen LogP) is 2.52. The maximum Gasteiger partial charge on any atom is 0.329 e. The van der Waals surface area contributed by atoms with Crippen LogP contribution in [0.3, 0.4) is 0 Å². The Morgan fingerprint density at radius 1 is 1.30 bits per heavy atom. The van der Waals surface area contributed by atoms with Crippen LogP contribution in [0.5, 0.6) is 0 Å². The van der Waals surface area contributed by atoms with Crippen molar-refractivity contribution in [3.05, 3.63) is 41.5 Å². The number of carbonyl (C=O) groups is 2. The summed E-state index contributed by atoms with van der Waals surface area (Å²) in [6.07, 6.45) is 5.80. The van der Waals surface area contributed by atoms with Crippen LogP contribution in [0, 0.1) is 6.92 Å². The fourth-order valence-corrected chi connectivity index (χ4v) is 2.59. The number of hydrogen-bond donors (Lipinski definition) is 2. The Kier molecular flexibility index (Phi) is 4.23. The first kappa shape index (κ1) is 14.3. The summed E-state index contributed by atoms with van der Waals surface area (Å²) in [6, 6.07) is 7.77. The van der Waals surface area contributed by atoms with E-state index in [-0.39, 0.29) is 5.91 Å². The number of hydrogen-bond acceptors (Lipinski definition) is 2. The summed E-state index contributed by atoms with van der Waals surface area (Å²) in [7, 11) is 0. The van der Waals surface area contributed by atoms with E-state index in [9.17, 15) is 14.7 Å². The second-order valence-corrected chi connectivity index (χ2v) is 5.33. The first-order valence-corrected chi connectivity index (χ1v) is 6.82. The molecule has 4 nitrogen and oxygen atoms in total. The minimum atomic E-state index is -1.08. The van der Waals surface area contributed by atoms with E-state index in [1.54, 1.807) is 6.08 Å². The molecule has 0 radical (unpaired) electrons. The first-order chi connectivity index (χ1) is 9.52. The second kappa shape index (κ2) is 5.90. The monoisotopic (exact) mass is 273 g/mol. The molecule has 0 bridgehead atoms. The molecular weight excluding hydrogens is 254 g/mol. The smallest absolute Gasteiger partial charge is 0.329 e. The Morgan fingerprint density at radius 3 is 2.60 bits per heavy atom. The maximum absolute atomic E-state index is 11.9. The van der Waals surface area contributed by atoms with Gasteiger partial charge in [0.1, 0.15) is 5.54 Å². The Hall–Kier alpha value is -2.10. The second-order valence-electron chi connectivity index (χ2n) is 5.33. The first-order valence-electron chi connectivity index (χ1n) is 6.82. The van der Waals surface area contributed by atoms with Gasteiger partial charge in [-0.25, -0.2) is 4.79 Å². The third-order valence-electron chi connectivity index (χ3n) is 3.70. The third-order valence-corrected chi connectivity index (χ3v) is 3.70. The molecule has 4 heteroatoms. The molecular formula is C16H19NO3. The summed E-state index contributed by atoms with van der Waals surface area (Å²) in [6.45, 7) is 1.98. The van der Waals surface area contributed by atoms with Gasteiger partial charge in [0.05, 0.1) is 0 Å². The number of carboxylic acids is 1. The zero-order chi connectivity index (χ0) is 14.6. The quantitative estimate of drug-likeness (QED) is 0.828. The molecule has 106 valence electrons. The molecule has 0 aromatic heterocycles. The molecule has 1 aromatic rings. The highest BCUT2D eigenvalue weighted by Gasteiger charge is 2.42. The van der Waals surface area contributed by atoms with E-state index in [2.05, 4.69) is 5.32 Å². The summed E-state index contributed by atoms with van der Waals surface area (Å²) in [5.74, 6) is -1.29. The lowest BCUT2D eigenvalue weighted by atomic mass is 9.98. The van der Waals surface area contributed by atoms with Crippen LogP contribution in [0.15, 0.2) is 30.3 Å². The molecule has 1 amide bonds. The van der Waals surface area contributed by atoms with Crippen LogP contribution in [-0.2, 0) is 9.59 Å². The molecule has 1 fully saturated rings. The van der Waals surface area contributed by atoms with E-state index in [4.69, 9.17) is 0 Å². The van der Waals surface area contributed by atoms with Crippen molar-refractivity contribution in [3.63, 3.8) is 0 Å². The van der Waals surface area contributed by atoms with Crippen LogP contribution in [-0.4, -0.2) is 22.5 Å². The maximum atomic E-state index is 11.9. The standard InChI is InChI=1S/C16H19NO3/c1-12-5-4-6-13(11-12)7-8-14(18)17-16(15(19)20)9-2-3-10-16/h4-8,11H,2-3,9-10H2,1H3,(H,17,18)(H,19,20)/b8-7+. The van der Waals surface area contributed by atoms with Crippen molar-refractivity contribution < 1.29 is 14.7 Å². The van der Waals surface area contributed by atoms with Crippen molar-refractivity contribution >= 4 is 18.0 Å². The molecule has 0 atom stereocenters. The van der Waals surface area contributed by atoms with Gasteiger partial charge >= 0.3 is 5.97 Å². The zero-order valence-corrected chi connectivity index (χ0v) is 11.6. The van der Waals surface area contributed by atoms with Gasteiger partial charge in [-0.3, -0.25) is 4.79 Å². The lowest BCUT2D eigenvalue weighted by molar-refractivity contribution is -0.146. The summed E-state index contributed by atoms with van der Waals surface area (Å²) in [4.78, 5) is 23.2. The van der Waals surface area contributed by atoms with Crippen LogP contribution in [0.25, 0.3) is 6.08 Å². The average molecular weight is 273 g/mol. The molecule has 0 spiro atoms. The minimum absolute atomic E-state index is 0.351. The number of nitrogens with one attached hydrogen (secondary N) is 1. The van der Waals surface area contributed by atoms with Gasteiger partial charge in [-0.15, -0.1) is 0 Å². The minimum Gasteiger partial charge on any atom is -0.480 e. The lowest BCUT2D eigenvalue weighted by Crippen LogP contribution is -2.52. The van der Waals surface area contributed by atoms with Crippen LogP contribution >= 0.6 is 0 Å². The number of rotatable bonds is 4. The molecule has 2 rings (SSSR count). The number of benzene rings is 1. The molecule has 1 aliphatic rings. The van der Waals surface area contributed by atoms with Gasteiger partial charge in [-0.05, 0) is 31.4 Å². The van der Waals surface area contributed by atoms with Crippen molar-refractivity contribution in [1.82, 2.24) is 5.32 Å². The zero-order valence-electron chi connectivity index (χ0n) is 11.6. The summed E-state index contributed by atoms with van der Waals surface area (Å²) < 4.78 is 0. The van der Waals surface area contributed by atoms with Crippen molar-refractivity contribution in [3.8, 4) is 0 Å². The highest BCUT2D eigenvalue weighted by molar-refractivity contribution is 5.95. The van der Waals surface area contributed by atoms with E-state index in [0.717, 1.165) is 24.0 Å². The van der Waals surface area contributed by atoms with Crippen LogP contribution in [0.2, 0.25) is 0 Å². The molecule has 1 aliphatic carbocycles. The SMILES string of the molecule is Cc1cccc(/C=C/C(=O)NC2(C(=O)O)CCCC2)c1. The van der Waals surface area contributed by atoms with Gasteiger partial charge in [0.25, 0.3) is 0 Å². The van der Waals surface area contributed by atoms with E-state index in [1.165, 1.54) is 6.08 Å². The molecule has 1 saturated carbocycles. The van der Waals surface area contributed by atoms with Crippen LogP contribution in [0.4, 0.5) is 0 Å². The predicted molar refractivity (Wildman–Crippen MR) is 77.2 cm³/mol. The fraction of sp³-hybridized carbons (Fsp3) is 0.375. The van der Waals surface area contributed by atoms with E-state index >= 15 is 0 Å². The van der Waals surface area contributed by atoms with E-state index in [0.29, 0.717) is 12.8 Å². The molecule has 0 saturated heterocycles. The van der Waals surface area contributed by atoms with Crippen molar-refractivity contribution in [2.75, 3.05) is 0 Å². The van der Waals surface area contributed by atoms with Gasteiger partial charge in [0, 0.05) is 6.08 Å². The van der Waals surface area contributed by atoms with Gasteiger partial charge in [0.15, 0.2) is 0 Å². The number of aliphatic carboxylic acids is 1. The van der Waals surface area contributed by atoms with Gasteiger partial charge in [-0.2, -0.15) is 0 Å². The Balaban J connectivity index is 2.03. The van der Waals surface area contributed by atoms with Gasteiger partial charge < -0.3 is 10.4 Å². The van der Waals surface area contributed by atoms with Crippen molar-refractivity contribution in [2.24, 2.45) is 0 Å². The largest absolute Gasteiger partial charge is 0.480 e. The van der Waals surface area contributed by atoms with Gasteiger partial charge in [-0.1, -0.05) is 42.7 Å². The highest BCUT2D eigenvalue weighted by atomic mass is 16.4. The average Bonchev–Trinajstić information content (AvgIpc) is 2.86. The van der Waals surface area contributed by atoms with Gasteiger partial charge in [0.2, 0.25) is 5.91 Å². The number of aryl methyl sites for hydroxylation is 1. The third kappa shape index (κ3) is 3.26. The van der Waals surface area contributed by atoms with Crippen LogP contribution < -0.4 is 5.32 Å².